The topological polar surface area (TPSA) is 18.5 Å². The standard InChI is InChI=1S/C20H40O2Si/c1-11-12(2)16(6)19(15(11)5)23(21-9,22-10)20-17(7)13(3)14(4)18(20)8/h11-20H,1-10H3. The van der Waals surface area contributed by atoms with Crippen LogP contribution in [0.2, 0.25) is 11.1 Å². The van der Waals surface area contributed by atoms with E-state index in [0.29, 0.717) is 34.8 Å². The summed E-state index contributed by atoms with van der Waals surface area (Å²) in [6.45, 7) is 19.5. The van der Waals surface area contributed by atoms with Crippen molar-refractivity contribution in [1.82, 2.24) is 0 Å². The van der Waals surface area contributed by atoms with Gasteiger partial charge >= 0.3 is 8.56 Å². The van der Waals surface area contributed by atoms with Crippen LogP contribution < -0.4 is 0 Å². The SMILES string of the molecule is CO[Si](OC)(C1C(C)C(C)C(C)C1C)C1C(C)C(C)C(C)C1C. The van der Waals surface area contributed by atoms with Crippen LogP contribution in [0, 0.1) is 47.3 Å². The van der Waals surface area contributed by atoms with E-state index in [2.05, 4.69) is 55.4 Å². The zero-order chi connectivity index (χ0) is 17.7. The van der Waals surface area contributed by atoms with Crippen molar-refractivity contribution in [1.29, 1.82) is 0 Å². The van der Waals surface area contributed by atoms with Gasteiger partial charge in [-0.25, -0.2) is 0 Å². The van der Waals surface area contributed by atoms with Crippen LogP contribution in [0.3, 0.4) is 0 Å². The Morgan fingerprint density at radius 2 is 0.652 bits per heavy atom. The summed E-state index contributed by atoms with van der Waals surface area (Å²) in [5, 5.41) is 0. The van der Waals surface area contributed by atoms with Crippen molar-refractivity contribution in [3.05, 3.63) is 0 Å². The van der Waals surface area contributed by atoms with Crippen LogP contribution in [0.25, 0.3) is 0 Å². The third-order valence-electron chi connectivity index (χ3n) is 8.81. The van der Waals surface area contributed by atoms with Gasteiger partial charge in [0.15, 0.2) is 0 Å². The van der Waals surface area contributed by atoms with Gasteiger partial charge in [0, 0.05) is 25.3 Å². The smallest absolute Gasteiger partial charge is 0.345 e. The molecule has 8 atom stereocenters. The van der Waals surface area contributed by atoms with Gasteiger partial charge in [0.1, 0.15) is 0 Å². The Hall–Kier alpha value is 0.137. The molecule has 2 aliphatic carbocycles. The van der Waals surface area contributed by atoms with Gasteiger partial charge in [0.2, 0.25) is 0 Å². The van der Waals surface area contributed by atoms with Crippen LogP contribution in [0.5, 0.6) is 0 Å². The zero-order valence-corrected chi connectivity index (χ0v) is 18.1. The van der Waals surface area contributed by atoms with E-state index in [1.54, 1.807) is 0 Å². The summed E-state index contributed by atoms with van der Waals surface area (Å²) in [5.74, 6) is 5.80. The van der Waals surface area contributed by atoms with E-state index in [1.807, 2.05) is 14.2 Å². The Bertz CT molecular complexity index is 346. The van der Waals surface area contributed by atoms with Crippen molar-refractivity contribution in [2.75, 3.05) is 14.2 Å². The van der Waals surface area contributed by atoms with Crippen LogP contribution in [-0.2, 0) is 8.85 Å². The molecule has 0 aromatic rings. The molecule has 0 aliphatic heterocycles. The van der Waals surface area contributed by atoms with Crippen LogP contribution in [0.4, 0.5) is 0 Å². The van der Waals surface area contributed by atoms with Gasteiger partial charge in [0.25, 0.3) is 0 Å². The molecule has 3 heteroatoms. The minimum atomic E-state index is -2.30. The monoisotopic (exact) mass is 340 g/mol. The Morgan fingerprint density at radius 3 is 0.826 bits per heavy atom. The highest BCUT2D eigenvalue weighted by Crippen LogP contribution is 2.62. The molecule has 2 fully saturated rings. The largest absolute Gasteiger partial charge is 0.397 e. The molecule has 2 aliphatic rings. The first kappa shape index (κ1) is 19.5. The van der Waals surface area contributed by atoms with Gasteiger partial charge in [-0.2, -0.15) is 0 Å². The van der Waals surface area contributed by atoms with Gasteiger partial charge in [-0.15, -0.1) is 0 Å². The molecule has 2 saturated carbocycles. The fourth-order valence-corrected chi connectivity index (χ4v) is 12.3. The average Bonchev–Trinajstić information content (AvgIpc) is 2.85. The summed E-state index contributed by atoms with van der Waals surface area (Å²) in [4.78, 5) is 0. The first-order chi connectivity index (χ1) is 10.7. The third-order valence-corrected chi connectivity index (χ3v) is 14.0. The molecule has 136 valence electrons. The van der Waals surface area contributed by atoms with Gasteiger partial charge in [-0.3, -0.25) is 0 Å². The van der Waals surface area contributed by atoms with Gasteiger partial charge < -0.3 is 8.85 Å². The van der Waals surface area contributed by atoms with E-state index < -0.39 is 8.56 Å². The van der Waals surface area contributed by atoms with E-state index in [9.17, 15) is 0 Å². The van der Waals surface area contributed by atoms with Crippen LogP contribution in [0.1, 0.15) is 55.4 Å². The minimum Gasteiger partial charge on any atom is -0.397 e. The van der Waals surface area contributed by atoms with Crippen LogP contribution >= 0.6 is 0 Å². The first-order valence-corrected chi connectivity index (χ1v) is 11.7. The van der Waals surface area contributed by atoms with E-state index in [-0.39, 0.29) is 0 Å². The van der Waals surface area contributed by atoms with Gasteiger partial charge in [-0.05, 0) is 47.3 Å². The predicted octanol–water partition coefficient (Wildman–Crippen LogP) is 5.58. The summed E-state index contributed by atoms with van der Waals surface area (Å²) < 4.78 is 12.9. The van der Waals surface area contributed by atoms with Crippen molar-refractivity contribution in [3.8, 4) is 0 Å². The summed E-state index contributed by atoms with van der Waals surface area (Å²) in [6, 6.07) is 0. The lowest BCUT2D eigenvalue weighted by atomic mass is 9.92. The molecule has 8 unspecified atom stereocenters. The maximum atomic E-state index is 6.45. The van der Waals surface area contributed by atoms with Crippen molar-refractivity contribution in [2.24, 2.45) is 47.3 Å². The highest BCUT2D eigenvalue weighted by molar-refractivity contribution is 6.71. The lowest BCUT2D eigenvalue weighted by Gasteiger charge is -2.45. The Labute approximate surface area is 146 Å². The molecule has 2 nitrogen and oxygen atoms in total. The molecular weight excluding hydrogens is 300 g/mol. The molecule has 0 radical (unpaired) electrons. The average molecular weight is 341 g/mol. The molecular formula is C20H40O2Si. The highest BCUT2D eigenvalue weighted by Gasteiger charge is 2.64. The second kappa shape index (κ2) is 6.80. The highest BCUT2D eigenvalue weighted by atomic mass is 28.4. The molecule has 0 N–H and O–H groups in total. The summed E-state index contributed by atoms with van der Waals surface area (Å²) >= 11 is 0. The van der Waals surface area contributed by atoms with Crippen molar-refractivity contribution >= 4 is 8.56 Å². The normalized spacial score (nSPS) is 51.4. The lowest BCUT2D eigenvalue weighted by Crippen LogP contribution is -2.54. The fourth-order valence-electron chi connectivity index (χ4n) is 6.50. The Morgan fingerprint density at radius 1 is 0.435 bits per heavy atom. The molecule has 2 rings (SSSR count). The van der Waals surface area contributed by atoms with Crippen molar-refractivity contribution in [3.63, 3.8) is 0 Å². The molecule has 0 spiro atoms. The van der Waals surface area contributed by atoms with Crippen LogP contribution in [0.15, 0.2) is 0 Å². The molecule has 0 amide bonds. The van der Waals surface area contributed by atoms with Gasteiger partial charge in [0.05, 0.1) is 0 Å². The van der Waals surface area contributed by atoms with E-state index in [1.165, 1.54) is 0 Å². The molecule has 0 saturated heterocycles. The fraction of sp³-hybridized carbons (Fsp3) is 1.00. The van der Waals surface area contributed by atoms with E-state index >= 15 is 0 Å². The maximum absolute atomic E-state index is 6.45. The predicted molar refractivity (Wildman–Crippen MR) is 101 cm³/mol. The molecule has 0 bridgehead atoms. The zero-order valence-electron chi connectivity index (χ0n) is 17.1. The second-order valence-corrected chi connectivity index (χ2v) is 12.6. The summed E-state index contributed by atoms with van der Waals surface area (Å²) in [6.07, 6.45) is 0. The van der Waals surface area contributed by atoms with E-state index in [4.69, 9.17) is 8.85 Å². The van der Waals surface area contributed by atoms with Gasteiger partial charge in [-0.1, -0.05) is 55.4 Å². The minimum absolute atomic E-state index is 0.606. The summed E-state index contributed by atoms with van der Waals surface area (Å²) in [5.41, 5.74) is 1.21. The molecule has 0 aromatic heterocycles. The molecule has 23 heavy (non-hydrogen) atoms. The van der Waals surface area contributed by atoms with E-state index in [0.717, 1.165) is 23.7 Å². The number of rotatable bonds is 4. The number of hydrogen-bond acceptors (Lipinski definition) is 2. The Balaban J connectivity index is 2.48. The summed E-state index contributed by atoms with van der Waals surface area (Å²) in [7, 11) is 1.58. The second-order valence-electron chi connectivity index (χ2n) is 9.05. The lowest BCUT2D eigenvalue weighted by molar-refractivity contribution is 0.178. The van der Waals surface area contributed by atoms with Crippen molar-refractivity contribution in [2.45, 2.75) is 66.5 Å². The first-order valence-electron chi connectivity index (χ1n) is 9.75. The molecule has 0 heterocycles. The third kappa shape index (κ3) is 2.66. The maximum Gasteiger partial charge on any atom is 0.345 e. The quantitative estimate of drug-likeness (QED) is 0.622. The number of hydrogen-bond donors (Lipinski definition) is 0. The van der Waals surface area contributed by atoms with Crippen LogP contribution in [-0.4, -0.2) is 22.8 Å². The Kier molecular flexibility index (Phi) is 5.75. The molecule has 0 aromatic carbocycles. The van der Waals surface area contributed by atoms with Crippen molar-refractivity contribution < 1.29 is 8.85 Å².